The molecule has 6 nitrogen and oxygen atoms in total. The maximum Gasteiger partial charge on any atom is 0.256 e. The Hall–Kier alpha value is -3.58. The summed E-state index contributed by atoms with van der Waals surface area (Å²) in [6.45, 7) is 2.03. The lowest BCUT2D eigenvalue weighted by molar-refractivity contribution is 0.102. The fraction of sp³-hybridized carbons (Fsp3) is 0.0909. The van der Waals surface area contributed by atoms with Crippen LogP contribution < -0.4 is 5.32 Å². The van der Waals surface area contributed by atoms with Gasteiger partial charge in [0, 0.05) is 23.2 Å². The second kappa shape index (κ2) is 7.10. The average molecular weight is 399 g/mol. The van der Waals surface area contributed by atoms with Gasteiger partial charge in [0.1, 0.15) is 5.01 Å². The standard InChI is InChI=1S/C22H17N5OS/c1-2-19-24-25-22-27(19)26-21(29-22)15-9-5-10-16(13-15)23-20(28)18-12-6-8-14-7-3-4-11-17(14)18/h3-13H,2H2,1H3,(H,23,28). The van der Waals surface area contributed by atoms with Gasteiger partial charge in [-0.2, -0.15) is 9.61 Å². The Morgan fingerprint density at radius 1 is 1.03 bits per heavy atom. The SMILES string of the molecule is CCc1nnc2sc(-c3cccc(NC(=O)c4cccc5ccccc45)c3)nn12. The fourth-order valence-corrected chi connectivity index (χ4v) is 4.20. The van der Waals surface area contributed by atoms with Gasteiger partial charge in [0.25, 0.3) is 5.91 Å². The molecular formula is C22H17N5OS. The third kappa shape index (κ3) is 3.15. The van der Waals surface area contributed by atoms with Gasteiger partial charge >= 0.3 is 0 Å². The van der Waals surface area contributed by atoms with E-state index < -0.39 is 0 Å². The van der Waals surface area contributed by atoms with E-state index in [0.717, 1.165) is 44.2 Å². The van der Waals surface area contributed by atoms with E-state index in [9.17, 15) is 4.79 Å². The summed E-state index contributed by atoms with van der Waals surface area (Å²) in [4.78, 5) is 13.7. The van der Waals surface area contributed by atoms with Gasteiger partial charge in [-0.1, -0.05) is 66.8 Å². The van der Waals surface area contributed by atoms with Crippen molar-refractivity contribution in [3.05, 3.63) is 78.1 Å². The van der Waals surface area contributed by atoms with Gasteiger partial charge in [-0.3, -0.25) is 4.79 Å². The van der Waals surface area contributed by atoms with Gasteiger partial charge in [-0.15, -0.1) is 10.2 Å². The minimum Gasteiger partial charge on any atom is -0.322 e. The van der Waals surface area contributed by atoms with E-state index in [2.05, 4.69) is 20.6 Å². The first-order valence-electron chi connectivity index (χ1n) is 9.33. The molecule has 1 N–H and O–H groups in total. The molecule has 0 bridgehead atoms. The van der Waals surface area contributed by atoms with Gasteiger partial charge in [0.2, 0.25) is 4.96 Å². The van der Waals surface area contributed by atoms with E-state index in [4.69, 9.17) is 0 Å². The zero-order valence-corrected chi connectivity index (χ0v) is 16.5. The van der Waals surface area contributed by atoms with Gasteiger partial charge in [-0.05, 0) is 29.0 Å². The first-order chi connectivity index (χ1) is 14.2. The van der Waals surface area contributed by atoms with Crippen molar-refractivity contribution in [2.45, 2.75) is 13.3 Å². The zero-order valence-electron chi connectivity index (χ0n) is 15.7. The van der Waals surface area contributed by atoms with Crippen LogP contribution in [0.4, 0.5) is 5.69 Å². The number of anilines is 1. The number of nitrogens with zero attached hydrogens (tertiary/aromatic N) is 4. The van der Waals surface area contributed by atoms with Gasteiger partial charge < -0.3 is 5.32 Å². The number of hydrogen-bond acceptors (Lipinski definition) is 5. The number of rotatable bonds is 4. The Labute approximate surface area is 170 Å². The molecular weight excluding hydrogens is 382 g/mol. The highest BCUT2D eigenvalue weighted by atomic mass is 32.1. The van der Waals surface area contributed by atoms with Crippen molar-refractivity contribution in [2.24, 2.45) is 0 Å². The Kier molecular flexibility index (Phi) is 4.29. The highest BCUT2D eigenvalue weighted by molar-refractivity contribution is 7.19. The molecule has 0 radical (unpaired) electrons. The predicted octanol–water partition coefficient (Wildman–Crippen LogP) is 4.82. The number of hydrogen-bond donors (Lipinski definition) is 1. The first kappa shape index (κ1) is 17.5. The maximum absolute atomic E-state index is 12.9. The maximum atomic E-state index is 12.9. The van der Waals surface area contributed by atoms with E-state index in [1.54, 1.807) is 4.52 Å². The molecule has 7 heteroatoms. The summed E-state index contributed by atoms with van der Waals surface area (Å²) in [5.74, 6) is 0.702. The summed E-state index contributed by atoms with van der Waals surface area (Å²) < 4.78 is 1.78. The van der Waals surface area contributed by atoms with Crippen LogP contribution in [0.25, 0.3) is 26.3 Å². The number of carbonyl (C=O) groups excluding carboxylic acids is 1. The van der Waals surface area contributed by atoms with Crippen LogP contribution in [-0.2, 0) is 6.42 Å². The molecule has 2 heterocycles. The fourth-order valence-electron chi connectivity index (χ4n) is 3.35. The number of fused-ring (bicyclic) bond motifs is 2. The second-order valence-electron chi connectivity index (χ2n) is 6.63. The number of aryl methyl sites for hydroxylation is 1. The van der Waals surface area contributed by atoms with E-state index in [-0.39, 0.29) is 5.91 Å². The number of amides is 1. The van der Waals surface area contributed by atoms with Crippen molar-refractivity contribution in [3.63, 3.8) is 0 Å². The molecule has 29 heavy (non-hydrogen) atoms. The van der Waals surface area contributed by atoms with Crippen molar-refractivity contribution in [2.75, 3.05) is 5.32 Å². The summed E-state index contributed by atoms with van der Waals surface area (Å²) in [7, 11) is 0. The highest BCUT2D eigenvalue weighted by Crippen LogP contribution is 2.28. The molecule has 0 aliphatic rings. The molecule has 0 saturated heterocycles. The average Bonchev–Trinajstić information content (AvgIpc) is 3.34. The van der Waals surface area contributed by atoms with Crippen LogP contribution in [-0.4, -0.2) is 25.7 Å². The molecule has 0 saturated carbocycles. The van der Waals surface area contributed by atoms with Crippen LogP contribution in [0, 0.1) is 0 Å². The normalized spacial score (nSPS) is 11.2. The smallest absolute Gasteiger partial charge is 0.256 e. The van der Waals surface area contributed by atoms with Crippen molar-refractivity contribution in [3.8, 4) is 10.6 Å². The Balaban J connectivity index is 1.46. The quantitative estimate of drug-likeness (QED) is 0.470. The molecule has 2 aromatic heterocycles. The summed E-state index contributed by atoms with van der Waals surface area (Å²) in [6.07, 6.45) is 0.769. The van der Waals surface area contributed by atoms with E-state index in [1.165, 1.54) is 11.3 Å². The van der Waals surface area contributed by atoms with Crippen molar-refractivity contribution in [1.29, 1.82) is 0 Å². The number of aromatic nitrogens is 4. The predicted molar refractivity (Wildman–Crippen MR) is 115 cm³/mol. The van der Waals surface area contributed by atoms with E-state index >= 15 is 0 Å². The van der Waals surface area contributed by atoms with Crippen molar-refractivity contribution < 1.29 is 4.79 Å². The van der Waals surface area contributed by atoms with E-state index in [0.29, 0.717) is 5.56 Å². The van der Waals surface area contributed by atoms with Crippen LogP contribution in [0.2, 0.25) is 0 Å². The lowest BCUT2D eigenvalue weighted by Gasteiger charge is -2.09. The van der Waals surface area contributed by atoms with Crippen LogP contribution in [0.1, 0.15) is 23.1 Å². The second-order valence-corrected chi connectivity index (χ2v) is 7.59. The van der Waals surface area contributed by atoms with Crippen molar-refractivity contribution >= 4 is 38.7 Å². The third-order valence-electron chi connectivity index (χ3n) is 4.77. The minimum atomic E-state index is -0.134. The lowest BCUT2D eigenvalue weighted by atomic mass is 10.0. The number of benzene rings is 3. The molecule has 0 unspecified atom stereocenters. The summed E-state index contributed by atoms with van der Waals surface area (Å²) in [6, 6.07) is 21.3. The molecule has 3 aromatic carbocycles. The zero-order chi connectivity index (χ0) is 19.8. The molecule has 5 aromatic rings. The first-order valence-corrected chi connectivity index (χ1v) is 10.2. The van der Waals surface area contributed by atoms with E-state index in [1.807, 2.05) is 73.7 Å². The van der Waals surface area contributed by atoms with Gasteiger partial charge in [-0.25, -0.2) is 0 Å². The minimum absolute atomic E-state index is 0.134. The van der Waals surface area contributed by atoms with Crippen LogP contribution in [0.3, 0.4) is 0 Å². The molecule has 0 aliphatic carbocycles. The molecule has 1 amide bonds. The molecule has 0 atom stereocenters. The summed E-state index contributed by atoms with van der Waals surface area (Å²) in [5.41, 5.74) is 2.31. The molecule has 0 aliphatic heterocycles. The number of nitrogens with one attached hydrogen (secondary N) is 1. The van der Waals surface area contributed by atoms with Crippen LogP contribution in [0.15, 0.2) is 66.7 Å². The largest absolute Gasteiger partial charge is 0.322 e. The topological polar surface area (TPSA) is 72.2 Å². The third-order valence-corrected chi connectivity index (χ3v) is 5.72. The Morgan fingerprint density at radius 3 is 2.76 bits per heavy atom. The summed E-state index contributed by atoms with van der Waals surface area (Å²) in [5, 5.41) is 18.8. The van der Waals surface area contributed by atoms with Gasteiger partial charge in [0.05, 0.1) is 0 Å². The molecule has 5 rings (SSSR count). The number of carbonyl (C=O) groups is 1. The van der Waals surface area contributed by atoms with Crippen molar-refractivity contribution in [1.82, 2.24) is 19.8 Å². The molecule has 142 valence electrons. The van der Waals surface area contributed by atoms with Crippen LogP contribution in [0.5, 0.6) is 0 Å². The Bertz CT molecular complexity index is 1350. The molecule has 0 spiro atoms. The molecule has 0 fully saturated rings. The summed E-state index contributed by atoms with van der Waals surface area (Å²) >= 11 is 1.48. The lowest BCUT2D eigenvalue weighted by Crippen LogP contribution is -2.12. The van der Waals surface area contributed by atoms with Gasteiger partial charge in [0.15, 0.2) is 5.82 Å². The monoisotopic (exact) mass is 399 g/mol. The highest BCUT2D eigenvalue weighted by Gasteiger charge is 2.14. The Morgan fingerprint density at radius 2 is 1.86 bits per heavy atom. The van der Waals surface area contributed by atoms with Crippen LogP contribution >= 0.6 is 11.3 Å².